The molecule has 3 aromatic carbocycles. The van der Waals surface area contributed by atoms with Crippen molar-refractivity contribution in [2.45, 2.75) is 13.2 Å². The van der Waals surface area contributed by atoms with Crippen LogP contribution in [0.2, 0.25) is 15.1 Å². The maximum Gasteiger partial charge on any atom is 0.241 e. The lowest BCUT2D eigenvalue weighted by Gasteiger charge is -2.23. The van der Waals surface area contributed by atoms with Gasteiger partial charge in [-0.2, -0.15) is 0 Å². The van der Waals surface area contributed by atoms with Crippen molar-refractivity contribution in [3.05, 3.63) is 92.7 Å². The number of carbonyl (C=O) groups excluding carboxylic acids is 1. The van der Waals surface area contributed by atoms with Gasteiger partial charge in [0.25, 0.3) is 0 Å². The molecule has 1 amide bonds. The van der Waals surface area contributed by atoms with Gasteiger partial charge in [0.15, 0.2) is 0 Å². The van der Waals surface area contributed by atoms with Gasteiger partial charge in [0.05, 0.1) is 27.0 Å². The minimum atomic E-state index is -3.84. The number of rotatable bonds is 9. The summed E-state index contributed by atoms with van der Waals surface area (Å²) >= 11 is 18.0. The fourth-order valence-corrected chi connectivity index (χ4v) is 4.48. The fourth-order valence-electron chi connectivity index (χ4n) is 2.92. The third-order valence-electron chi connectivity index (χ3n) is 4.68. The topological polar surface area (TPSA) is 75.7 Å². The Morgan fingerprint density at radius 2 is 1.53 bits per heavy atom. The quantitative estimate of drug-likeness (QED) is 0.363. The molecule has 3 aromatic rings. The summed E-state index contributed by atoms with van der Waals surface area (Å²) in [5.41, 5.74) is 1.66. The maximum absolute atomic E-state index is 13.0. The van der Waals surface area contributed by atoms with Crippen molar-refractivity contribution in [3.8, 4) is 5.75 Å². The van der Waals surface area contributed by atoms with Crippen LogP contribution >= 0.6 is 34.8 Å². The number of carbonyl (C=O) groups is 1. The average molecular weight is 546 g/mol. The van der Waals surface area contributed by atoms with Crippen LogP contribution in [0.25, 0.3) is 0 Å². The number of anilines is 1. The molecule has 0 radical (unpaired) electrons. The van der Waals surface area contributed by atoms with Gasteiger partial charge < -0.3 is 10.1 Å². The number of halogens is 4. The molecule has 0 spiro atoms. The molecule has 1 N–H and O–H groups in total. The fraction of sp³-hybridized carbons (Fsp3) is 0.174. The van der Waals surface area contributed by atoms with Crippen LogP contribution in [0, 0.1) is 5.82 Å². The van der Waals surface area contributed by atoms with E-state index in [4.69, 9.17) is 39.5 Å². The summed E-state index contributed by atoms with van der Waals surface area (Å²) in [6.45, 7) is -0.0336. The number of benzene rings is 3. The van der Waals surface area contributed by atoms with Gasteiger partial charge in [-0.3, -0.25) is 9.10 Å². The van der Waals surface area contributed by atoms with E-state index in [0.29, 0.717) is 5.75 Å². The lowest BCUT2D eigenvalue weighted by molar-refractivity contribution is -0.119. The summed E-state index contributed by atoms with van der Waals surface area (Å²) in [6.07, 6.45) is 0.962. The largest absolute Gasteiger partial charge is 0.489 e. The van der Waals surface area contributed by atoms with Crippen molar-refractivity contribution in [1.82, 2.24) is 5.32 Å². The molecule has 34 heavy (non-hydrogen) atoms. The van der Waals surface area contributed by atoms with E-state index in [9.17, 15) is 17.6 Å². The molecule has 0 aliphatic rings. The predicted octanol–water partition coefficient (Wildman–Crippen LogP) is 5.45. The molecule has 0 atom stereocenters. The summed E-state index contributed by atoms with van der Waals surface area (Å²) in [5, 5.41) is 2.99. The summed E-state index contributed by atoms with van der Waals surface area (Å²) in [4.78, 5) is 12.5. The van der Waals surface area contributed by atoms with E-state index in [-0.39, 0.29) is 39.7 Å². The first-order valence-corrected chi connectivity index (χ1v) is 12.9. The highest BCUT2D eigenvalue weighted by molar-refractivity contribution is 7.92. The molecule has 0 unspecified atom stereocenters. The smallest absolute Gasteiger partial charge is 0.241 e. The molecule has 180 valence electrons. The number of nitrogens with one attached hydrogen (secondary N) is 1. The predicted molar refractivity (Wildman–Crippen MR) is 133 cm³/mol. The second-order valence-electron chi connectivity index (χ2n) is 7.32. The number of amides is 1. The van der Waals surface area contributed by atoms with Crippen molar-refractivity contribution in [1.29, 1.82) is 0 Å². The number of sulfonamides is 1. The third-order valence-corrected chi connectivity index (χ3v) is 6.83. The van der Waals surface area contributed by atoms with Crippen LogP contribution in [-0.4, -0.2) is 27.1 Å². The van der Waals surface area contributed by atoms with Gasteiger partial charge in [-0.1, -0.05) is 59.1 Å². The Hall–Kier alpha value is -2.52. The Morgan fingerprint density at radius 1 is 0.941 bits per heavy atom. The summed E-state index contributed by atoms with van der Waals surface area (Å²) in [7, 11) is -3.84. The minimum Gasteiger partial charge on any atom is -0.489 e. The van der Waals surface area contributed by atoms with Gasteiger partial charge in [-0.15, -0.1) is 0 Å². The standard InChI is InChI=1S/C23H20Cl3FN2O4S/c1-34(31,32)29(22-11-20(25)19(24)10-21(22)26)13-23(30)28-12-15-4-8-18(9-5-15)33-14-16-2-6-17(27)7-3-16/h2-11H,12-14H2,1H3,(H,28,30). The number of nitrogens with zero attached hydrogens (tertiary/aromatic N) is 1. The first kappa shape index (κ1) is 26.1. The highest BCUT2D eigenvalue weighted by atomic mass is 35.5. The average Bonchev–Trinajstić information content (AvgIpc) is 2.78. The Kier molecular flexibility index (Phi) is 8.65. The molecule has 0 saturated carbocycles. The van der Waals surface area contributed by atoms with Crippen molar-refractivity contribution < 1.29 is 22.3 Å². The first-order chi connectivity index (χ1) is 16.0. The number of hydrogen-bond donors (Lipinski definition) is 1. The van der Waals surface area contributed by atoms with Gasteiger partial charge in [0.2, 0.25) is 15.9 Å². The molecule has 6 nitrogen and oxygen atoms in total. The molecule has 0 aliphatic carbocycles. The van der Waals surface area contributed by atoms with Gasteiger partial charge >= 0.3 is 0 Å². The van der Waals surface area contributed by atoms with Crippen LogP contribution in [0.15, 0.2) is 60.7 Å². The normalized spacial score (nSPS) is 11.2. The Labute approximate surface area is 212 Å². The second kappa shape index (κ2) is 11.3. The minimum absolute atomic E-state index is 0.0452. The molecule has 0 aromatic heterocycles. The lowest BCUT2D eigenvalue weighted by atomic mass is 10.2. The van der Waals surface area contributed by atoms with Crippen LogP contribution in [0.5, 0.6) is 5.75 Å². The highest BCUT2D eigenvalue weighted by Crippen LogP contribution is 2.35. The van der Waals surface area contributed by atoms with Gasteiger partial charge in [-0.25, -0.2) is 12.8 Å². The van der Waals surface area contributed by atoms with Crippen molar-refractivity contribution in [2.75, 3.05) is 17.1 Å². The summed E-state index contributed by atoms with van der Waals surface area (Å²) in [6, 6.07) is 15.6. The molecule has 11 heteroatoms. The number of ether oxygens (including phenoxy) is 1. The van der Waals surface area contributed by atoms with E-state index in [1.54, 1.807) is 36.4 Å². The van der Waals surface area contributed by atoms with E-state index >= 15 is 0 Å². The maximum atomic E-state index is 13.0. The molecular formula is C23H20Cl3FN2O4S. The summed E-state index contributed by atoms with van der Waals surface area (Å²) in [5.74, 6) is -0.240. The van der Waals surface area contributed by atoms with Gasteiger partial charge in [0.1, 0.15) is 24.7 Å². The number of hydrogen-bond acceptors (Lipinski definition) is 4. The van der Waals surface area contributed by atoms with Gasteiger partial charge in [0, 0.05) is 6.54 Å². The Morgan fingerprint density at radius 3 is 2.15 bits per heavy atom. The Bertz CT molecular complexity index is 1270. The highest BCUT2D eigenvalue weighted by Gasteiger charge is 2.24. The van der Waals surface area contributed by atoms with E-state index in [2.05, 4.69) is 5.32 Å². The van der Waals surface area contributed by atoms with E-state index in [0.717, 1.165) is 21.7 Å². The molecular weight excluding hydrogens is 526 g/mol. The van der Waals surface area contributed by atoms with Gasteiger partial charge in [-0.05, 0) is 47.5 Å². The molecule has 0 fully saturated rings. The Balaban J connectivity index is 1.58. The van der Waals surface area contributed by atoms with Crippen LogP contribution in [0.3, 0.4) is 0 Å². The monoisotopic (exact) mass is 544 g/mol. The molecule has 3 rings (SSSR count). The lowest BCUT2D eigenvalue weighted by Crippen LogP contribution is -2.40. The molecule has 0 saturated heterocycles. The summed E-state index contributed by atoms with van der Waals surface area (Å²) < 4.78 is 44.1. The van der Waals surface area contributed by atoms with Crippen LogP contribution < -0.4 is 14.4 Å². The van der Waals surface area contributed by atoms with Crippen LogP contribution in [0.4, 0.5) is 10.1 Å². The molecule has 0 aliphatic heterocycles. The third kappa shape index (κ3) is 7.24. The zero-order valence-corrected chi connectivity index (χ0v) is 21.0. The van der Waals surface area contributed by atoms with Crippen LogP contribution in [0.1, 0.15) is 11.1 Å². The zero-order valence-electron chi connectivity index (χ0n) is 17.9. The molecule has 0 heterocycles. The van der Waals surface area contributed by atoms with Crippen molar-refractivity contribution >= 4 is 56.4 Å². The van der Waals surface area contributed by atoms with E-state index in [1.165, 1.54) is 24.3 Å². The molecule has 0 bridgehead atoms. The van der Waals surface area contributed by atoms with Crippen molar-refractivity contribution in [3.63, 3.8) is 0 Å². The van der Waals surface area contributed by atoms with Crippen LogP contribution in [-0.2, 0) is 28.0 Å². The second-order valence-corrected chi connectivity index (χ2v) is 10.5. The van der Waals surface area contributed by atoms with E-state index in [1.807, 2.05) is 0 Å². The van der Waals surface area contributed by atoms with Crippen molar-refractivity contribution in [2.24, 2.45) is 0 Å². The van der Waals surface area contributed by atoms with E-state index < -0.39 is 22.5 Å². The first-order valence-electron chi connectivity index (χ1n) is 9.88. The SMILES string of the molecule is CS(=O)(=O)N(CC(=O)NCc1ccc(OCc2ccc(F)cc2)cc1)c1cc(Cl)c(Cl)cc1Cl. The zero-order chi connectivity index (χ0) is 24.9.